The zero-order chi connectivity index (χ0) is 16.1. The zero-order valence-corrected chi connectivity index (χ0v) is 14.1. The normalized spacial score (nSPS) is 15.2. The minimum atomic E-state index is 0.191. The third-order valence-electron chi connectivity index (χ3n) is 3.91. The molecule has 1 amide bonds. The van der Waals surface area contributed by atoms with Gasteiger partial charge in [0.05, 0.1) is 6.54 Å². The first-order chi connectivity index (χ1) is 11.2. The number of hydrogen-bond donors (Lipinski definition) is 0. The molecule has 0 atom stereocenters. The third-order valence-corrected chi connectivity index (χ3v) is 4.64. The van der Waals surface area contributed by atoms with Crippen LogP contribution in [0.4, 0.5) is 5.95 Å². The summed E-state index contributed by atoms with van der Waals surface area (Å²) in [5.74, 6) is 0.936. The average Bonchev–Trinajstić information content (AvgIpc) is 3.08. The van der Waals surface area contributed by atoms with Crippen molar-refractivity contribution >= 4 is 23.2 Å². The van der Waals surface area contributed by atoms with E-state index in [-0.39, 0.29) is 5.91 Å². The second-order valence-electron chi connectivity index (χ2n) is 5.72. The molecule has 0 aliphatic carbocycles. The maximum atomic E-state index is 12.4. The molecule has 2 aromatic rings. The van der Waals surface area contributed by atoms with Gasteiger partial charge in [-0.05, 0) is 35.5 Å². The van der Waals surface area contributed by atoms with E-state index < -0.39 is 0 Å². The molecular formula is C16H21N5OS. The summed E-state index contributed by atoms with van der Waals surface area (Å²) < 4.78 is 0. The highest BCUT2D eigenvalue weighted by Gasteiger charge is 2.23. The number of carbonyl (C=O) groups excluding carboxylic acids is 1. The molecule has 0 spiro atoms. The number of carbonyl (C=O) groups is 1. The van der Waals surface area contributed by atoms with Crippen LogP contribution in [0.3, 0.4) is 0 Å². The van der Waals surface area contributed by atoms with Crippen LogP contribution in [-0.2, 0) is 11.3 Å². The van der Waals surface area contributed by atoms with E-state index in [1.54, 1.807) is 23.7 Å². The quantitative estimate of drug-likeness (QED) is 0.827. The highest BCUT2D eigenvalue weighted by Crippen LogP contribution is 2.11. The summed E-state index contributed by atoms with van der Waals surface area (Å²) in [5.41, 5.74) is 1.26. The van der Waals surface area contributed by atoms with Gasteiger partial charge in [-0.15, -0.1) is 0 Å². The number of rotatable bonds is 5. The lowest BCUT2D eigenvalue weighted by atomic mass is 10.3. The average molecular weight is 331 g/mol. The second kappa shape index (κ2) is 7.52. The molecule has 6 nitrogen and oxygen atoms in total. The van der Waals surface area contributed by atoms with Crippen LogP contribution in [0, 0.1) is 0 Å². The molecule has 1 saturated heterocycles. The van der Waals surface area contributed by atoms with E-state index in [9.17, 15) is 4.79 Å². The second-order valence-corrected chi connectivity index (χ2v) is 6.50. The van der Waals surface area contributed by atoms with Gasteiger partial charge in [-0.2, -0.15) is 11.3 Å². The molecule has 3 rings (SSSR count). The molecule has 2 aromatic heterocycles. The van der Waals surface area contributed by atoms with Crippen molar-refractivity contribution in [2.24, 2.45) is 0 Å². The SMILES string of the molecule is CN(CC(=O)N1CCN(c2ncccn2)CC1)Cc1ccsc1. The van der Waals surface area contributed by atoms with Gasteiger partial charge in [-0.1, -0.05) is 0 Å². The van der Waals surface area contributed by atoms with Crippen LogP contribution in [-0.4, -0.2) is 65.4 Å². The number of anilines is 1. The Morgan fingerprint density at radius 2 is 2.00 bits per heavy atom. The lowest BCUT2D eigenvalue weighted by Gasteiger charge is -2.35. The minimum Gasteiger partial charge on any atom is -0.338 e. The maximum Gasteiger partial charge on any atom is 0.236 e. The first kappa shape index (κ1) is 15.9. The molecule has 0 bridgehead atoms. The van der Waals surface area contributed by atoms with E-state index in [0.29, 0.717) is 6.54 Å². The molecule has 0 aromatic carbocycles. The van der Waals surface area contributed by atoms with Crippen molar-refractivity contribution in [2.45, 2.75) is 6.54 Å². The van der Waals surface area contributed by atoms with Crippen molar-refractivity contribution in [3.63, 3.8) is 0 Å². The van der Waals surface area contributed by atoms with E-state index in [1.807, 2.05) is 18.0 Å². The number of hydrogen-bond acceptors (Lipinski definition) is 6. The van der Waals surface area contributed by atoms with Crippen LogP contribution in [0.25, 0.3) is 0 Å². The van der Waals surface area contributed by atoms with Gasteiger partial charge >= 0.3 is 0 Å². The van der Waals surface area contributed by atoms with Crippen molar-refractivity contribution in [1.82, 2.24) is 19.8 Å². The molecule has 0 N–H and O–H groups in total. The third kappa shape index (κ3) is 4.27. The standard InChI is InChI=1S/C16H21N5OS/c1-19(11-14-3-10-23-13-14)12-15(22)20-6-8-21(9-7-20)16-17-4-2-5-18-16/h2-5,10,13H,6-9,11-12H2,1H3. The van der Waals surface area contributed by atoms with Gasteiger partial charge in [-0.25, -0.2) is 9.97 Å². The Morgan fingerprint density at radius 3 is 2.65 bits per heavy atom. The predicted octanol–water partition coefficient (Wildman–Crippen LogP) is 1.32. The fourth-order valence-corrected chi connectivity index (χ4v) is 3.35. The van der Waals surface area contributed by atoms with Crippen LogP contribution in [0.2, 0.25) is 0 Å². The lowest BCUT2D eigenvalue weighted by Crippen LogP contribution is -2.51. The highest BCUT2D eigenvalue weighted by molar-refractivity contribution is 7.07. The molecule has 122 valence electrons. The van der Waals surface area contributed by atoms with Gasteiger partial charge in [-0.3, -0.25) is 9.69 Å². The molecular weight excluding hydrogens is 310 g/mol. The summed E-state index contributed by atoms with van der Waals surface area (Å²) in [4.78, 5) is 27.1. The fraction of sp³-hybridized carbons (Fsp3) is 0.438. The molecule has 0 unspecified atom stereocenters. The van der Waals surface area contributed by atoms with Gasteiger partial charge < -0.3 is 9.80 Å². The summed E-state index contributed by atoms with van der Waals surface area (Å²) in [6.45, 7) is 4.28. The van der Waals surface area contributed by atoms with E-state index in [2.05, 4.69) is 36.6 Å². The van der Waals surface area contributed by atoms with Crippen molar-refractivity contribution in [2.75, 3.05) is 44.7 Å². The van der Waals surface area contributed by atoms with Crippen LogP contribution in [0.5, 0.6) is 0 Å². The molecule has 0 saturated carbocycles. The molecule has 1 aliphatic heterocycles. The first-order valence-electron chi connectivity index (χ1n) is 7.72. The number of piperazine rings is 1. The van der Waals surface area contributed by atoms with Crippen LogP contribution in [0.1, 0.15) is 5.56 Å². The summed E-state index contributed by atoms with van der Waals surface area (Å²) in [6.07, 6.45) is 3.50. The number of nitrogens with zero attached hydrogens (tertiary/aromatic N) is 5. The number of amides is 1. The van der Waals surface area contributed by atoms with Crippen LogP contribution < -0.4 is 4.90 Å². The minimum absolute atomic E-state index is 0.191. The predicted molar refractivity (Wildman–Crippen MR) is 91.5 cm³/mol. The van der Waals surface area contributed by atoms with E-state index in [1.165, 1.54) is 5.56 Å². The molecule has 23 heavy (non-hydrogen) atoms. The summed E-state index contributed by atoms with van der Waals surface area (Å²) in [6, 6.07) is 3.91. The molecule has 1 fully saturated rings. The van der Waals surface area contributed by atoms with Crippen molar-refractivity contribution in [3.05, 3.63) is 40.8 Å². The van der Waals surface area contributed by atoms with Crippen LogP contribution >= 0.6 is 11.3 Å². The monoisotopic (exact) mass is 331 g/mol. The molecule has 3 heterocycles. The molecule has 1 aliphatic rings. The smallest absolute Gasteiger partial charge is 0.236 e. The van der Waals surface area contributed by atoms with Crippen LogP contribution in [0.15, 0.2) is 35.3 Å². The Balaban J connectivity index is 1.46. The Hall–Kier alpha value is -1.99. The largest absolute Gasteiger partial charge is 0.338 e. The summed E-state index contributed by atoms with van der Waals surface area (Å²) >= 11 is 1.69. The number of aromatic nitrogens is 2. The van der Waals surface area contributed by atoms with Gasteiger partial charge in [0.15, 0.2) is 0 Å². The Bertz CT molecular complexity index is 611. The van der Waals surface area contributed by atoms with Gasteiger partial charge in [0.2, 0.25) is 11.9 Å². The Kier molecular flexibility index (Phi) is 5.19. The van der Waals surface area contributed by atoms with E-state index >= 15 is 0 Å². The zero-order valence-electron chi connectivity index (χ0n) is 13.3. The van der Waals surface area contributed by atoms with Crippen molar-refractivity contribution in [1.29, 1.82) is 0 Å². The Morgan fingerprint density at radius 1 is 1.26 bits per heavy atom. The van der Waals surface area contributed by atoms with E-state index in [4.69, 9.17) is 0 Å². The van der Waals surface area contributed by atoms with Gasteiger partial charge in [0.25, 0.3) is 0 Å². The molecule has 7 heteroatoms. The maximum absolute atomic E-state index is 12.4. The fourth-order valence-electron chi connectivity index (χ4n) is 2.69. The van der Waals surface area contributed by atoms with E-state index in [0.717, 1.165) is 38.7 Å². The van der Waals surface area contributed by atoms with Crippen molar-refractivity contribution in [3.8, 4) is 0 Å². The Labute approximate surface area is 140 Å². The highest BCUT2D eigenvalue weighted by atomic mass is 32.1. The summed E-state index contributed by atoms with van der Waals surface area (Å²) in [7, 11) is 1.99. The topological polar surface area (TPSA) is 52.6 Å². The molecule has 0 radical (unpaired) electrons. The number of likely N-dealkylation sites (N-methyl/N-ethyl adjacent to an activating group) is 1. The lowest BCUT2D eigenvalue weighted by molar-refractivity contribution is -0.132. The summed E-state index contributed by atoms with van der Waals surface area (Å²) in [5, 5.41) is 4.19. The van der Waals surface area contributed by atoms with Gasteiger partial charge in [0.1, 0.15) is 0 Å². The van der Waals surface area contributed by atoms with Crippen molar-refractivity contribution < 1.29 is 4.79 Å². The first-order valence-corrected chi connectivity index (χ1v) is 8.66. The van der Waals surface area contributed by atoms with Gasteiger partial charge in [0, 0.05) is 45.1 Å². The number of thiophene rings is 1.